The highest BCUT2D eigenvalue weighted by Gasteiger charge is 2.27. The fraction of sp³-hybridized carbons (Fsp3) is 0.214. The number of carbonyl (C=O) groups excluding carboxylic acids is 3. The Morgan fingerprint density at radius 3 is 2.17 bits per heavy atom. The quantitative estimate of drug-likeness (QED) is 0.437. The number of carbonyl (C=O) groups is 3. The van der Waals surface area contributed by atoms with Crippen molar-refractivity contribution in [2.75, 3.05) is 0 Å². The van der Waals surface area contributed by atoms with Gasteiger partial charge in [0.05, 0.1) is 5.57 Å². The van der Waals surface area contributed by atoms with Crippen LogP contribution in [-0.4, -0.2) is 17.5 Å². The first-order chi connectivity index (χ1) is 8.49. The van der Waals surface area contributed by atoms with Crippen molar-refractivity contribution in [3.05, 3.63) is 35.6 Å². The molecule has 0 aromatic carbocycles. The predicted octanol–water partition coefficient (Wildman–Crippen LogP) is 2.03. The van der Waals surface area contributed by atoms with Crippen LogP contribution in [0.2, 0.25) is 0 Å². The second-order valence-electron chi connectivity index (χ2n) is 4.14. The van der Waals surface area contributed by atoms with E-state index in [0.29, 0.717) is 0 Å². The molecule has 4 heteroatoms. The zero-order valence-electron chi connectivity index (χ0n) is 10.1. The van der Waals surface area contributed by atoms with Crippen LogP contribution in [0.1, 0.15) is 20.3 Å². The Morgan fingerprint density at radius 2 is 1.83 bits per heavy atom. The van der Waals surface area contributed by atoms with Crippen LogP contribution in [-0.2, 0) is 19.1 Å². The van der Waals surface area contributed by atoms with E-state index in [1.54, 1.807) is 0 Å². The molecule has 3 rings (SSSR count). The average Bonchev–Trinajstić information content (AvgIpc) is 2.84. The maximum atomic E-state index is 11.1. The molecule has 0 aromatic rings. The van der Waals surface area contributed by atoms with Gasteiger partial charge in [-0.05, 0) is 31.0 Å². The van der Waals surface area contributed by atoms with Crippen molar-refractivity contribution in [2.45, 2.75) is 20.3 Å². The van der Waals surface area contributed by atoms with Gasteiger partial charge in [0.25, 0.3) is 0 Å². The van der Waals surface area contributed by atoms with Crippen LogP contribution >= 0.6 is 0 Å². The van der Waals surface area contributed by atoms with Crippen molar-refractivity contribution in [1.29, 1.82) is 0 Å². The number of fused-ring (bicyclic) bond motifs is 1. The van der Waals surface area contributed by atoms with Crippen LogP contribution in [0.3, 0.4) is 0 Å². The summed E-state index contributed by atoms with van der Waals surface area (Å²) in [4.78, 5) is 32.6. The maximum absolute atomic E-state index is 11.1. The number of esters is 1. The number of Topliss-reactive ketones (excluding diaryl/α,β-unsaturated/α-hetero) is 2. The number of hydrogen-bond acceptors (Lipinski definition) is 4. The second-order valence-corrected chi connectivity index (χ2v) is 4.14. The molecular formula is C14H12O4. The van der Waals surface area contributed by atoms with E-state index in [1.807, 2.05) is 0 Å². The third-order valence-corrected chi connectivity index (χ3v) is 2.67. The molecule has 92 valence electrons. The SMILES string of the molecule is CC(=O)C1=C(C)OC(=O)CC1=O.c1cc2cc-2c1. The summed E-state index contributed by atoms with van der Waals surface area (Å²) in [5.74, 6) is -1.28. The van der Waals surface area contributed by atoms with Crippen molar-refractivity contribution in [1.82, 2.24) is 0 Å². The van der Waals surface area contributed by atoms with Gasteiger partial charge in [-0.15, -0.1) is 0 Å². The molecule has 0 saturated carbocycles. The van der Waals surface area contributed by atoms with Crippen LogP contribution in [0.5, 0.6) is 0 Å². The van der Waals surface area contributed by atoms with Gasteiger partial charge in [0.15, 0.2) is 11.6 Å². The van der Waals surface area contributed by atoms with Gasteiger partial charge in [-0.25, -0.2) is 0 Å². The largest absolute Gasteiger partial charge is 0.430 e. The molecular weight excluding hydrogens is 232 g/mol. The van der Waals surface area contributed by atoms with Crippen molar-refractivity contribution in [3.63, 3.8) is 0 Å². The standard InChI is InChI=1S/C8H8O4.C6H4/c1-4(9)8-5(2)12-7(11)3-6(8)10;1-2-5-4-6(5)3-1/h3H2,1-2H3;1-4H. The lowest BCUT2D eigenvalue weighted by Gasteiger charge is -2.13. The molecule has 0 fully saturated rings. The predicted molar refractivity (Wildman–Crippen MR) is 64.5 cm³/mol. The Labute approximate surface area is 104 Å². The summed E-state index contributed by atoms with van der Waals surface area (Å²) in [7, 11) is 0. The number of benzene rings is 1. The molecule has 0 aromatic heterocycles. The van der Waals surface area contributed by atoms with E-state index in [4.69, 9.17) is 0 Å². The molecule has 0 saturated heterocycles. The Morgan fingerprint density at radius 1 is 1.22 bits per heavy atom. The summed E-state index contributed by atoms with van der Waals surface area (Å²) in [5, 5.41) is 0. The number of ether oxygens (including phenoxy) is 1. The van der Waals surface area contributed by atoms with E-state index in [1.165, 1.54) is 25.0 Å². The average molecular weight is 244 g/mol. The van der Waals surface area contributed by atoms with E-state index >= 15 is 0 Å². The molecule has 18 heavy (non-hydrogen) atoms. The summed E-state index contributed by atoms with van der Waals surface area (Å²) in [6.07, 6.45) is -0.327. The molecule has 0 amide bonds. The molecule has 0 bridgehead atoms. The lowest BCUT2D eigenvalue weighted by atomic mass is 10.0. The van der Waals surface area contributed by atoms with Crippen LogP contribution in [0.15, 0.2) is 35.6 Å². The van der Waals surface area contributed by atoms with Crippen molar-refractivity contribution < 1.29 is 19.1 Å². The monoisotopic (exact) mass is 244 g/mol. The molecule has 0 unspecified atom stereocenters. The molecule has 3 aliphatic rings. The maximum Gasteiger partial charge on any atom is 0.318 e. The summed E-state index contributed by atoms with van der Waals surface area (Å²) < 4.78 is 4.63. The number of ketones is 2. The minimum atomic E-state index is -0.595. The summed E-state index contributed by atoms with van der Waals surface area (Å²) in [5.41, 5.74) is 2.86. The normalized spacial score (nSPS) is 15.7. The van der Waals surface area contributed by atoms with Crippen LogP contribution in [0, 0.1) is 0 Å². The van der Waals surface area contributed by atoms with Gasteiger partial charge in [-0.2, -0.15) is 0 Å². The molecule has 0 atom stereocenters. The number of hydrogen-bond donors (Lipinski definition) is 0. The smallest absolute Gasteiger partial charge is 0.318 e. The fourth-order valence-electron chi connectivity index (χ4n) is 1.79. The Bertz CT molecular complexity index is 564. The Kier molecular flexibility index (Phi) is 3.10. The Balaban J connectivity index is 0.000000164. The van der Waals surface area contributed by atoms with Crippen LogP contribution in [0.4, 0.5) is 0 Å². The summed E-state index contributed by atoms with van der Waals surface area (Å²) >= 11 is 0. The van der Waals surface area contributed by atoms with Crippen molar-refractivity contribution in [2.24, 2.45) is 0 Å². The second kappa shape index (κ2) is 4.56. The van der Waals surface area contributed by atoms with E-state index in [-0.39, 0.29) is 23.5 Å². The minimum absolute atomic E-state index is 0.00889. The highest BCUT2D eigenvalue weighted by Crippen LogP contribution is 2.32. The van der Waals surface area contributed by atoms with E-state index in [9.17, 15) is 14.4 Å². The first kappa shape index (κ1) is 12.2. The summed E-state index contributed by atoms with van der Waals surface area (Å²) in [6, 6.07) is 8.48. The first-order valence-corrected chi connectivity index (χ1v) is 5.55. The van der Waals surface area contributed by atoms with E-state index < -0.39 is 11.8 Å². The van der Waals surface area contributed by atoms with Gasteiger partial charge in [-0.1, -0.05) is 18.2 Å². The minimum Gasteiger partial charge on any atom is -0.430 e. The van der Waals surface area contributed by atoms with Gasteiger partial charge in [0.2, 0.25) is 0 Å². The van der Waals surface area contributed by atoms with Crippen molar-refractivity contribution in [3.8, 4) is 11.1 Å². The number of allylic oxidation sites excluding steroid dienone is 2. The highest BCUT2D eigenvalue weighted by atomic mass is 16.5. The Hall–Kier alpha value is -2.23. The number of rotatable bonds is 1. The zero-order chi connectivity index (χ0) is 13.3. The lowest BCUT2D eigenvalue weighted by molar-refractivity contribution is -0.143. The zero-order valence-corrected chi connectivity index (χ0v) is 10.1. The third-order valence-electron chi connectivity index (χ3n) is 2.67. The van der Waals surface area contributed by atoms with Gasteiger partial charge in [0.1, 0.15) is 12.2 Å². The molecule has 0 spiro atoms. The van der Waals surface area contributed by atoms with Crippen LogP contribution < -0.4 is 0 Å². The van der Waals surface area contributed by atoms with Gasteiger partial charge >= 0.3 is 5.97 Å². The molecule has 0 radical (unpaired) electrons. The van der Waals surface area contributed by atoms with Gasteiger partial charge in [-0.3, -0.25) is 14.4 Å². The van der Waals surface area contributed by atoms with Gasteiger partial charge < -0.3 is 4.74 Å². The molecule has 0 N–H and O–H groups in total. The van der Waals surface area contributed by atoms with E-state index in [2.05, 4.69) is 29.0 Å². The third kappa shape index (κ3) is 2.53. The lowest BCUT2D eigenvalue weighted by Crippen LogP contribution is -2.24. The number of cyclic esters (lactones) is 1. The van der Waals surface area contributed by atoms with Gasteiger partial charge in [0, 0.05) is 0 Å². The topological polar surface area (TPSA) is 60.4 Å². The molecule has 2 aliphatic carbocycles. The van der Waals surface area contributed by atoms with Crippen molar-refractivity contribution >= 4 is 17.5 Å². The molecule has 1 aliphatic heterocycles. The van der Waals surface area contributed by atoms with Crippen LogP contribution in [0.25, 0.3) is 11.1 Å². The first-order valence-electron chi connectivity index (χ1n) is 5.55. The summed E-state index contributed by atoms with van der Waals surface area (Å²) in [6.45, 7) is 2.71. The van der Waals surface area contributed by atoms with E-state index in [0.717, 1.165) is 0 Å². The highest BCUT2D eigenvalue weighted by molar-refractivity contribution is 6.24. The molecule has 4 nitrogen and oxygen atoms in total. The fourth-order valence-corrected chi connectivity index (χ4v) is 1.79. The molecule has 1 heterocycles.